The Morgan fingerprint density at radius 1 is 1.25 bits per heavy atom. The molecule has 0 saturated heterocycles. The van der Waals surface area contributed by atoms with E-state index in [1.165, 1.54) is 6.07 Å². The van der Waals surface area contributed by atoms with Crippen LogP contribution in [0.1, 0.15) is 22.7 Å². The van der Waals surface area contributed by atoms with Gasteiger partial charge in [-0.15, -0.1) is 0 Å². The van der Waals surface area contributed by atoms with Gasteiger partial charge in [-0.1, -0.05) is 35.9 Å². The molecule has 2 rings (SSSR count). The van der Waals surface area contributed by atoms with Crippen LogP contribution in [0.5, 0.6) is 0 Å². The quantitative estimate of drug-likeness (QED) is 0.808. The van der Waals surface area contributed by atoms with Crippen molar-refractivity contribution >= 4 is 27.5 Å². The molecule has 0 aliphatic carbocycles. The average Bonchev–Trinajstić information content (AvgIpc) is 2.44. The Hall–Kier alpha value is -0.900. The molecule has 1 unspecified atom stereocenters. The zero-order valence-electron chi connectivity index (χ0n) is 11.4. The molecule has 0 aliphatic rings. The smallest absolute Gasteiger partial charge is 0.137 e. The van der Waals surface area contributed by atoms with Crippen LogP contribution in [0, 0.1) is 12.7 Å². The Kier molecular flexibility index (Phi) is 5.19. The molecule has 4 heteroatoms. The Labute approximate surface area is 132 Å². The Morgan fingerprint density at radius 3 is 2.65 bits per heavy atom. The first-order chi connectivity index (χ1) is 9.54. The SMILES string of the molecule is CNC(Cc1cccc(F)c1Br)c1cccc(Cl)c1C. The number of hydrogen-bond acceptors (Lipinski definition) is 1. The van der Waals surface area contributed by atoms with Crippen LogP contribution in [0.2, 0.25) is 5.02 Å². The summed E-state index contributed by atoms with van der Waals surface area (Å²) in [5, 5.41) is 4.03. The fourth-order valence-corrected chi connectivity index (χ4v) is 2.90. The van der Waals surface area contributed by atoms with E-state index in [-0.39, 0.29) is 11.9 Å². The summed E-state index contributed by atoms with van der Waals surface area (Å²) in [6.07, 6.45) is 0.691. The standard InChI is InChI=1S/C16H16BrClFN/c1-10-12(6-4-7-13(10)18)15(20-2)9-11-5-3-8-14(19)16(11)17/h3-8,15,20H,9H2,1-2H3. The van der Waals surface area contributed by atoms with Gasteiger partial charge in [0.25, 0.3) is 0 Å². The van der Waals surface area contributed by atoms with Crippen molar-refractivity contribution in [1.29, 1.82) is 0 Å². The lowest BCUT2D eigenvalue weighted by Gasteiger charge is -2.20. The number of hydrogen-bond donors (Lipinski definition) is 1. The van der Waals surface area contributed by atoms with Gasteiger partial charge in [-0.3, -0.25) is 0 Å². The van der Waals surface area contributed by atoms with E-state index in [1.54, 1.807) is 6.07 Å². The molecule has 0 spiro atoms. The van der Waals surface area contributed by atoms with Crippen LogP contribution in [0.25, 0.3) is 0 Å². The first kappa shape index (κ1) is 15.5. The number of nitrogens with one attached hydrogen (secondary N) is 1. The lowest BCUT2D eigenvalue weighted by molar-refractivity contribution is 0.578. The van der Waals surface area contributed by atoms with Crippen molar-refractivity contribution in [3.63, 3.8) is 0 Å². The lowest BCUT2D eigenvalue weighted by Crippen LogP contribution is -2.20. The molecular formula is C16H16BrClFN. The summed E-state index contributed by atoms with van der Waals surface area (Å²) >= 11 is 9.49. The molecule has 2 aromatic carbocycles. The molecule has 0 heterocycles. The van der Waals surface area contributed by atoms with Crippen LogP contribution in [-0.2, 0) is 6.42 Å². The van der Waals surface area contributed by atoms with Crippen molar-refractivity contribution in [2.24, 2.45) is 0 Å². The van der Waals surface area contributed by atoms with Gasteiger partial charge in [0.2, 0.25) is 0 Å². The number of rotatable bonds is 4. The molecular weight excluding hydrogens is 341 g/mol. The topological polar surface area (TPSA) is 12.0 Å². The predicted molar refractivity (Wildman–Crippen MR) is 85.8 cm³/mol. The monoisotopic (exact) mass is 355 g/mol. The number of benzene rings is 2. The minimum absolute atomic E-state index is 0.0896. The van der Waals surface area contributed by atoms with E-state index in [9.17, 15) is 4.39 Å². The molecule has 0 aliphatic heterocycles. The van der Waals surface area contributed by atoms with Gasteiger partial charge in [-0.2, -0.15) is 0 Å². The highest BCUT2D eigenvalue weighted by Gasteiger charge is 2.16. The summed E-state index contributed by atoms with van der Waals surface area (Å²) in [4.78, 5) is 0. The van der Waals surface area contributed by atoms with E-state index >= 15 is 0 Å². The summed E-state index contributed by atoms with van der Waals surface area (Å²) in [5.74, 6) is -0.236. The first-order valence-corrected chi connectivity index (χ1v) is 7.57. The van der Waals surface area contributed by atoms with E-state index in [1.807, 2.05) is 32.2 Å². The molecule has 0 fully saturated rings. The van der Waals surface area contributed by atoms with E-state index in [0.717, 1.165) is 21.7 Å². The van der Waals surface area contributed by atoms with Gasteiger partial charge in [-0.05, 0) is 65.1 Å². The highest BCUT2D eigenvalue weighted by atomic mass is 79.9. The molecule has 0 saturated carbocycles. The van der Waals surface area contributed by atoms with Gasteiger partial charge in [-0.25, -0.2) is 4.39 Å². The van der Waals surface area contributed by atoms with Crippen molar-refractivity contribution in [2.45, 2.75) is 19.4 Å². The van der Waals surface area contributed by atoms with E-state index < -0.39 is 0 Å². The Bertz CT molecular complexity index is 615. The van der Waals surface area contributed by atoms with Gasteiger partial charge in [0.05, 0.1) is 4.47 Å². The number of likely N-dealkylation sites (N-methyl/N-ethyl adjacent to an activating group) is 1. The van der Waals surface area contributed by atoms with Crippen LogP contribution in [0.3, 0.4) is 0 Å². The largest absolute Gasteiger partial charge is 0.313 e. The third-order valence-electron chi connectivity index (χ3n) is 3.49. The summed E-state index contributed by atoms with van der Waals surface area (Å²) in [5.41, 5.74) is 3.13. The van der Waals surface area contributed by atoms with Crippen LogP contribution in [0.4, 0.5) is 4.39 Å². The Morgan fingerprint density at radius 2 is 1.95 bits per heavy atom. The van der Waals surface area contributed by atoms with Crippen LogP contribution in [-0.4, -0.2) is 7.05 Å². The maximum Gasteiger partial charge on any atom is 0.137 e. The maximum atomic E-state index is 13.6. The van der Waals surface area contributed by atoms with E-state index in [0.29, 0.717) is 10.9 Å². The van der Waals surface area contributed by atoms with Gasteiger partial charge in [0, 0.05) is 11.1 Å². The van der Waals surface area contributed by atoms with Crippen molar-refractivity contribution < 1.29 is 4.39 Å². The molecule has 2 aromatic rings. The van der Waals surface area contributed by atoms with Crippen LogP contribution >= 0.6 is 27.5 Å². The predicted octanol–water partition coefficient (Wildman–Crippen LogP) is 5.05. The zero-order chi connectivity index (χ0) is 14.7. The van der Waals surface area contributed by atoms with Gasteiger partial charge < -0.3 is 5.32 Å². The Balaban J connectivity index is 2.34. The summed E-state index contributed by atoms with van der Waals surface area (Å²) < 4.78 is 14.1. The molecule has 0 radical (unpaired) electrons. The summed E-state index contributed by atoms with van der Waals surface area (Å²) in [6, 6.07) is 11.1. The lowest BCUT2D eigenvalue weighted by atomic mass is 9.95. The molecule has 0 amide bonds. The zero-order valence-corrected chi connectivity index (χ0v) is 13.7. The van der Waals surface area contributed by atoms with Crippen molar-refractivity contribution in [1.82, 2.24) is 5.32 Å². The normalized spacial score (nSPS) is 12.4. The number of halogens is 3. The highest BCUT2D eigenvalue weighted by molar-refractivity contribution is 9.10. The van der Waals surface area contributed by atoms with Crippen molar-refractivity contribution in [3.05, 3.63) is 68.4 Å². The van der Waals surface area contributed by atoms with Crippen molar-refractivity contribution in [3.8, 4) is 0 Å². The molecule has 0 bridgehead atoms. The van der Waals surface area contributed by atoms with Gasteiger partial charge >= 0.3 is 0 Å². The first-order valence-electron chi connectivity index (χ1n) is 6.39. The second kappa shape index (κ2) is 6.70. The van der Waals surface area contributed by atoms with Crippen LogP contribution in [0.15, 0.2) is 40.9 Å². The van der Waals surface area contributed by atoms with Gasteiger partial charge in [0.15, 0.2) is 0 Å². The fourth-order valence-electron chi connectivity index (χ4n) is 2.30. The van der Waals surface area contributed by atoms with Gasteiger partial charge in [0.1, 0.15) is 5.82 Å². The van der Waals surface area contributed by atoms with Crippen molar-refractivity contribution in [2.75, 3.05) is 7.05 Å². The molecule has 106 valence electrons. The third kappa shape index (κ3) is 3.22. The maximum absolute atomic E-state index is 13.6. The highest BCUT2D eigenvalue weighted by Crippen LogP contribution is 2.29. The van der Waals surface area contributed by atoms with Crippen LogP contribution < -0.4 is 5.32 Å². The van der Waals surface area contributed by atoms with E-state index in [2.05, 4.69) is 27.3 Å². The molecule has 20 heavy (non-hydrogen) atoms. The second-order valence-electron chi connectivity index (χ2n) is 4.71. The minimum atomic E-state index is -0.236. The molecule has 0 aromatic heterocycles. The summed E-state index contributed by atoms with van der Waals surface area (Å²) in [7, 11) is 1.90. The molecule has 1 nitrogen and oxygen atoms in total. The fraction of sp³-hybridized carbons (Fsp3) is 0.250. The minimum Gasteiger partial charge on any atom is -0.313 e. The molecule has 1 N–H and O–H groups in total. The molecule has 1 atom stereocenters. The summed E-state index contributed by atoms with van der Waals surface area (Å²) in [6.45, 7) is 2.00. The third-order valence-corrected chi connectivity index (χ3v) is 4.79. The van der Waals surface area contributed by atoms with E-state index in [4.69, 9.17) is 11.6 Å². The second-order valence-corrected chi connectivity index (χ2v) is 5.91. The average molecular weight is 357 g/mol.